The van der Waals surface area contributed by atoms with Gasteiger partial charge in [0.05, 0.1) is 6.26 Å². The van der Waals surface area contributed by atoms with Crippen LogP contribution in [0.1, 0.15) is 12.0 Å². The molecule has 0 unspecified atom stereocenters. The molecule has 1 heterocycles. The van der Waals surface area contributed by atoms with Gasteiger partial charge in [-0.25, -0.2) is 0 Å². The van der Waals surface area contributed by atoms with Gasteiger partial charge >= 0.3 is 0 Å². The number of hydrogen-bond donors (Lipinski definition) is 2. The molecule has 80 valence electrons. The third kappa shape index (κ3) is 2.37. The topological polar surface area (TPSA) is 51.2 Å². The third-order valence-electron chi connectivity index (χ3n) is 2.43. The van der Waals surface area contributed by atoms with Crippen LogP contribution in [0.5, 0.6) is 0 Å². The molecule has 3 heteroatoms. The summed E-state index contributed by atoms with van der Waals surface area (Å²) in [6, 6.07) is 8.08. The lowest BCUT2D eigenvalue weighted by molar-refractivity contribution is 0.599. The Morgan fingerprint density at radius 3 is 3.00 bits per heavy atom. The number of para-hydroxylation sites is 1. The maximum absolute atomic E-state index is 5.44. The number of benzene rings is 1. The fraction of sp³-hybridized carbons (Fsp3) is 0.333. The molecule has 1 aromatic carbocycles. The van der Waals surface area contributed by atoms with Crippen LogP contribution in [0.3, 0.4) is 0 Å². The molecule has 15 heavy (non-hydrogen) atoms. The number of nitrogens with two attached hydrogens (primary N) is 1. The molecule has 1 aromatic heterocycles. The summed E-state index contributed by atoms with van der Waals surface area (Å²) in [5.74, 6) is 0. The summed E-state index contributed by atoms with van der Waals surface area (Å²) < 4.78 is 5.44. The van der Waals surface area contributed by atoms with Crippen molar-refractivity contribution in [2.24, 2.45) is 5.73 Å². The summed E-state index contributed by atoms with van der Waals surface area (Å²) in [5.41, 5.74) is 7.58. The van der Waals surface area contributed by atoms with Gasteiger partial charge in [0.15, 0.2) is 0 Å². The highest BCUT2D eigenvalue weighted by Crippen LogP contribution is 2.20. The molecule has 0 amide bonds. The Morgan fingerprint density at radius 2 is 2.13 bits per heavy atom. The van der Waals surface area contributed by atoms with Gasteiger partial charge in [-0.3, -0.25) is 0 Å². The van der Waals surface area contributed by atoms with Crippen molar-refractivity contribution in [3.05, 3.63) is 36.1 Å². The van der Waals surface area contributed by atoms with Crippen molar-refractivity contribution < 1.29 is 4.42 Å². The summed E-state index contributed by atoms with van der Waals surface area (Å²) in [4.78, 5) is 0. The van der Waals surface area contributed by atoms with Gasteiger partial charge in [-0.1, -0.05) is 18.2 Å². The molecule has 0 aliphatic rings. The van der Waals surface area contributed by atoms with Gasteiger partial charge in [-0.05, 0) is 25.6 Å². The van der Waals surface area contributed by atoms with E-state index in [0.29, 0.717) is 0 Å². The van der Waals surface area contributed by atoms with Gasteiger partial charge in [0.1, 0.15) is 5.58 Å². The highest BCUT2D eigenvalue weighted by atomic mass is 16.3. The Labute approximate surface area is 89.3 Å². The second kappa shape index (κ2) is 4.96. The minimum absolute atomic E-state index is 0.735. The zero-order valence-electron chi connectivity index (χ0n) is 8.70. The number of furan rings is 1. The summed E-state index contributed by atoms with van der Waals surface area (Å²) in [7, 11) is 0. The van der Waals surface area contributed by atoms with Crippen molar-refractivity contribution in [1.29, 1.82) is 0 Å². The monoisotopic (exact) mass is 204 g/mol. The zero-order chi connectivity index (χ0) is 10.5. The Hall–Kier alpha value is -1.32. The van der Waals surface area contributed by atoms with Gasteiger partial charge in [0.2, 0.25) is 0 Å². The van der Waals surface area contributed by atoms with Gasteiger partial charge in [-0.15, -0.1) is 0 Å². The fourth-order valence-electron chi connectivity index (χ4n) is 1.62. The summed E-state index contributed by atoms with van der Waals surface area (Å²) in [6.07, 6.45) is 2.83. The minimum atomic E-state index is 0.735. The van der Waals surface area contributed by atoms with Gasteiger partial charge in [-0.2, -0.15) is 0 Å². The number of rotatable bonds is 5. The van der Waals surface area contributed by atoms with Crippen LogP contribution in [0.25, 0.3) is 11.0 Å². The molecule has 0 aliphatic heterocycles. The number of hydrogen-bond acceptors (Lipinski definition) is 3. The van der Waals surface area contributed by atoms with E-state index in [-0.39, 0.29) is 0 Å². The normalized spacial score (nSPS) is 11.0. The second-order valence-corrected chi connectivity index (χ2v) is 3.58. The first-order valence-electron chi connectivity index (χ1n) is 5.27. The Morgan fingerprint density at radius 1 is 1.27 bits per heavy atom. The average molecular weight is 204 g/mol. The van der Waals surface area contributed by atoms with Gasteiger partial charge in [0, 0.05) is 17.5 Å². The Bertz CT molecular complexity index is 422. The minimum Gasteiger partial charge on any atom is -0.464 e. The molecule has 2 rings (SSSR count). The summed E-state index contributed by atoms with van der Waals surface area (Å²) in [5, 5.41) is 4.53. The molecule has 0 atom stereocenters. The standard InChI is InChI=1S/C12H16N2O/c13-6-3-7-14-8-10-9-15-12-5-2-1-4-11(10)12/h1-2,4-5,9,14H,3,6-8,13H2. The van der Waals surface area contributed by atoms with E-state index in [1.165, 1.54) is 10.9 Å². The van der Waals surface area contributed by atoms with E-state index < -0.39 is 0 Å². The van der Waals surface area contributed by atoms with E-state index in [9.17, 15) is 0 Å². The molecule has 0 saturated heterocycles. The molecule has 0 aliphatic carbocycles. The SMILES string of the molecule is NCCCNCc1coc2ccccc12. The van der Waals surface area contributed by atoms with Crippen LogP contribution in [0, 0.1) is 0 Å². The smallest absolute Gasteiger partial charge is 0.134 e. The van der Waals surface area contributed by atoms with Crippen LogP contribution < -0.4 is 11.1 Å². The van der Waals surface area contributed by atoms with E-state index >= 15 is 0 Å². The lowest BCUT2D eigenvalue weighted by Gasteiger charge is -2.01. The van der Waals surface area contributed by atoms with Crippen molar-refractivity contribution in [2.75, 3.05) is 13.1 Å². The predicted octanol–water partition coefficient (Wildman–Crippen LogP) is 1.87. The van der Waals surface area contributed by atoms with Crippen LogP contribution in [-0.4, -0.2) is 13.1 Å². The van der Waals surface area contributed by atoms with Gasteiger partial charge in [0.25, 0.3) is 0 Å². The summed E-state index contributed by atoms with van der Waals surface area (Å²) in [6.45, 7) is 2.53. The molecule has 2 aromatic rings. The predicted molar refractivity (Wildman–Crippen MR) is 61.6 cm³/mol. The lowest BCUT2D eigenvalue weighted by atomic mass is 10.2. The average Bonchev–Trinajstić information content (AvgIpc) is 2.68. The van der Waals surface area contributed by atoms with Crippen molar-refractivity contribution in [1.82, 2.24) is 5.32 Å². The van der Waals surface area contributed by atoms with Crippen molar-refractivity contribution in [3.8, 4) is 0 Å². The zero-order valence-corrected chi connectivity index (χ0v) is 8.70. The van der Waals surface area contributed by atoms with Crippen molar-refractivity contribution in [3.63, 3.8) is 0 Å². The van der Waals surface area contributed by atoms with E-state index in [1.54, 1.807) is 0 Å². The third-order valence-corrected chi connectivity index (χ3v) is 2.43. The van der Waals surface area contributed by atoms with E-state index in [0.717, 1.165) is 31.6 Å². The molecule has 0 saturated carbocycles. The maximum Gasteiger partial charge on any atom is 0.134 e. The molecule has 3 nitrogen and oxygen atoms in total. The quantitative estimate of drug-likeness (QED) is 0.731. The molecular formula is C12H16N2O. The van der Waals surface area contributed by atoms with Crippen LogP contribution >= 0.6 is 0 Å². The first-order chi connectivity index (χ1) is 7.42. The van der Waals surface area contributed by atoms with Crippen LogP contribution in [0.4, 0.5) is 0 Å². The van der Waals surface area contributed by atoms with E-state index in [2.05, 4.69) is 11.4 Å². The largest absolute Gasteiger partial charge is 0.464 e. The second-order valence-electron chi connectivity index (χ2n) is 3.58. The molecule has 0 fully saturated rings. The highest BCUT2D eigenvalue weighted by Gasteiger charge is 2.03. The number of fused-ring (bicyclic) bond motifs is 1. The molecule has 0 spiro atoms. The summed E-state index contributed by atoms with van der Waals surface area (Å²) >= 11 is 0. The highest BCUT2D eigenvalue weighted by molar-refractivity contribution is 5.80. The molecular weight excluding hydrogens is 188 g/mol. The van der Waals surface area contributed by atoms with Crippen molar-refractivity contribution >= 4 is 11.0 Å². The first kappa shape index (κ1) is 10.2. The Balaban J connectivity index is 2.02. The maximum atomic E-state index is 5.44. The lowest BCUT2D eigenvalue weighted by Crippen LogP contribution is -2.17. The van der Waals surface area contributed by atoms with Gasteiger partial charge < -0.3 is 15.5 Å². The molecule has 3 N–H and O–H groups in total. The van der Waals surface area contributed by atoms with Crippen LogP contribution in [-0.2, 0) is 6.54 Å². The molecule has 0 radical (unpaired) electrons. The molecule has 0 bridgehead atoms. The van der Waals surface area contributed by atoms with Crippen molar-refractivity contribution in [2.45, 2.75) is 13.0 Å². The number of nitrogens with one attached hydrogen (secondary N) is 1. The van der Waals surface area contributed by atoms with E-state index in [1.807, 2.05) is 24.5 Å². The fourth-order valence-corrected chi connectivity index (χ4v) is 1.62. The first-order valence-corrected chi connectivity index (χ1v) is 5.27. The Kier molecular flexibility index (Phi) is 3.37. The van der Waals surface area contributed by atoms with Crippen LogP contribution in [0.2, 0.25) is 0 Å². The van der Waals surface area contributed by atoms with Crippen LogP contribution in [0.15, 0.2) is 34.9 Å². The van der Waals surface area contributed by atoms with E-state index in [4.69, 9.17) is 10.2 Å².